The Morgan fingerprint density at radius 2 is 1.67 bits per heavy atom. The van der Waals surface area contributed by atoms with E-state index in [-0.39, 0.29) is 16.6 Å². The van der Waals surface area contributed by atoms with Crippen LogP contribution in [-0.2, 0) is 0 Å². The number of nitro benzene ring substituents is 1. The van der Waals surface area contributed by atoms with Crippen molar-refractivity contribution in [2.45, 2.75) is 19.3 Å². The molecule has 0 spiro atoms. The van der Waals surface area contributed by atoms with Crippen LogP contribution in [0.2, 0.25) is 0 Å². The van der Waals surface area contributed by atoms with Gasteiger partial charge in [0, 0.05) is 45.5 Å². The summed E-state index contributed by atoms with van der Waals surface area (Å²) in [6.07, 6.45) is 4.97. The first-order valence-electron chi connectivity index (χ1n) is 9.46. The minimum absolute atomic E-state index is 0.0939. The molecule has 0 radical (unpaired) electrons. The first kappa shape index (κ1) is 17.5. The Labute approximate surface area is 157 Å². The maximum Gasteiger partial charge on any atom is 0.320 e. The highest BCUT2D eigenvalue weighted by Crippen LogP contribution is 2.35. The lowest BCUT2D eigenvalue weighted by molar-refractivity contribution is -0.382. The summed E-state index contributed by atoms with van der Waals surface area (Å²) in [6.45, 7) is 4.01. The number of pyridine rings is 1. The number of piperidine rings is 1. The van der Waals surface area contributed by atoms with Gasteiger partial charge in [-0.05, 0) is 43.5 Å². The number of carbonyl (C=O) groups is 1. The van der Waals surface area contributed by atoms with Gasteiger partial charge in [0.2, 0.25) is 0 Å². The minimum Gasteiger partial charge on any atom is -0.362 e. The lowest BCUT2D eigenvalue weighted by Crippen LogP contribution is -2.53. The summed E-state index contributed by atoms with van der Waals surface area (Å²) in [4.78, 5) is 34.1. The zero-order valence-electron chi connectivity index (χ0n) is 15.2. The smallest absolute Gasteiger partial charge is 0.320 e. The van der Waals surface area contributed by atoms with Crippen LogP contribution in [0.5, 0.6) is 0 Å². The fourth-order valence-corrected chi connectivity index (χ4v) is 4.00. The monoisotopic (exact) mass is 369 g/mol. The molecule has 2 aliphatic rings. The van der Waals surface area contributed by atoms with E-state index in [1.165, 1.54) is 6.42 Å². The first-order chi connectivity index (χ1) is 13.1. The molecule has 27 heavy (non-hydrogen) atoms. The Bertz CT molecular complexity index is 858. The van der Waals surface area contributed by atoms with E-state index in [1.807, 2.05) is 20.8 Å². The highest BCUT2D eigenvalue weighted by molar-refractivity contribution is 5.94. The molecule has 142 valence electrons. The second-order valence-corrected chi connectivity index (χ2v) is 7.06. The van der Waals surface area contributed by atoms with Crippen LogP contribution in [-0.4, -0.2) is 65.0 Å². The van der Waals surface area contributed by atoms with Gasteiger partial charge in [0.05, 0.1) is 15.8 Å². The summed E-state index contributed by atoms with van der Waals surface area (Å²) in [5, 5.41) is 12.3. The third-order valence-corrected chi connectivity index (χ3v) is 5.44. The molecule has 0 bridgehead atoms. The molecule has 2 saturated heterocycles. The number of anilines is 1. The highest BCUT2D eigenvalue weighted by Gasteiger charge is 2.29. The molecule has 0 N–H and O–H groups in total. The fraction of sp³-hybridized carbons (Fsp3) is 0.474. The van der Waals surface area contributed by atoms with Crippen LogP contribution >= 0.6 is 0 Å². The summed E-state index contributed by atoms with van der Waals surface area (Å²) < 4.78 is 0. The van der Waals surface area contributed by atoms with Gasteiger partial charge in [-0.15, -0.1) is 0 Å². The van der Waals surface area contributed by atoms with Gasteiger partial charge in [-0.1, -0.05) is 0 Å². The fourth-order valence-electron chi connectivity index (χ4n) is 4.00. The van der Waals surface area contributed by atoms with Gasteiger partial charge < -0.3 is 14.7 Å². The number of nitrogens with zero attached hydrogens (tertiary/aromatic N) is 5. The Balaban J connectivity index is 1.52. The average Bonchev–Trinajstić information content (AvgIpc) is 2.73. The lowest BCUT2D eigenvalue weighted by Gasteiger charge is -2.39. The largest absolute Gasteiger partial charge is 0.362 e. The molecule has 1 aromatic heterocycles. The summed E-state index contributed by atoms with van der Waals surface area (Å²) in [5.74, 6) is 0. The van der Waals surface area contributed by atoms with Crippen LogP contribution in [0.25, 0.3) is 10.9 Å². The van der Waals surface area contributed by atoms with Crippen LogP contribution < -0.4 is 4.90 Å². The molecule has 1 aromatic carbocycles. The number of fused-ring (bicyclic) bond motifs is 1. The van der Waals surface area contributed by atoms with Gasteiger partial charge in [0.15, 0.2) is 0 Å². The van der Waals surface area contributed by atoms with Crippen LogP contribution in [0.15, 0.2) is 30.5 Å². The van der Waals surface area contributed by atoms with Crippen LogP contribution in [0, 0.1) is 10.1 Å². The normalized spacial score (nSPS) is 18.0. The molecular weight excluding hydrogens is 346 g/mol. The van der Waals surface area contributed by atoms with E-state index in [0.717, 1.165) is 25.9 Å². The number of piperazine rings is 1. The lowest BCUT2D eigenvalue weighted by atomic mass is 10.1. The number of aromatic nitrogens is 1. The molecular formula is C19H23N5O3. The zero-order valence-corrected chi connectivity index (χ0v) is 15.2. The topological polar surface area (TPSA) is 82.8 Å². The molecule has 2 amide bonds. The summed E-state index contributed by atoms with van der Waals surface area (Å²) in [6, 6.07) is 7.15. The van der Waals surface area contributed by atoms with Crippen molar-refractivity contribution in [2.75, 3.05) is 44.2 Å². The van der Waals surface area contributed by atoms with Crippen LogP contribution in [0.4, 0.5) is 16.2 Å². The van der Waals surface area contributed by atoms with Crippen molar-refractivity contribution in [2.24, 2.45) is 0 Å². The standard InChI is InChI=1S/C19H23N5O3/c25-19(22-9-2-1-3-10-22)23-13-11-21(12-14-23)17-7-6-16-15(5-4-8-20-16)18(17)24(26)27/h4-8H,1-3,9-14H2. The van der Waals surface area contributed by atoms with Crippen molar-refractivity contribution in [1.82, 2.24) is 14.8 Å². The summed E-state index contributed by atoms with van der Waals surface area (Å²) in [5.41, 5.74) is 1.31. The number of hydrogen-bond acceptors (Lipinski definition) is 5. The molecule has 4 rings (SSSR count). The van der Waals surface area contributed by atoms with Crippen molar-refractivity contribution in [3.8, 4) is 0 Å². The molecule has 0 atom stereocenters. The minimum atomic E-state index is -0.329. The summed E-state index contributed by atoms with van der Waals surface area (Å²) >= 11 is 0. The Morgan fingerprint density at radius 1 is 0.963 bits per heavy atom. The van der Waals surface area contributed by atoms with E-state index in [9.17, 15) is 14.9 Å². The molecule has 2 fully saturated rings. The third-order valence-electron chi connectivity index (χ3n) is 5.44. The van der Waals surface area contributed by atoms with Gasteiger partial charge in [-0.25, -0.2) is 4.79 Å². The van der Waals surface area contributed by atoms with Crippen molar-refractivity contribution in [3.05, 3.63) is 40.6 Å². The maximum absolute atomic E-state index is 12.7. The number of urea groups is 1. The van der Waals surface area contributed by atoms with E-state index < -0.39 is 0 Å². The summed E-state index contributed by atoms with van der Waals surface area (Å²) in [7, 11) is 0. The quantitative estimate of drug-likeness (QED) is 0.600. The van der Waals surface area contributed by atoms with Crippen LogP contribution in [0.3, 0.4) is 0 Å². The number of amides is 2. The zero-order chi connectivity index (χ0) is 18.8. The SMILES string of the molecule is O=C(N1CCCCC1)N1CCN(c2ccc3ncccc3c2[N+](=O)[O-])CC1. The number of nitro groups is 1. The van der Waals surface area contributed by atoms with Crippen molar-refractivity contribution >= 4 is 28.3 Å². The predicted molar refractivity (Wildman–Crippen MR) is 103 cm³/mol. The number of hydrogen-bond donors (Lipinski definition) is 0. The number of likely N-dealkylation sites (tertiary alicyclic amines) is 1. The first-order valence-corrected chi connectivity index (χ1v) is 9.46. The molecule has 2 aromatic rings. The van der Waals surface area contributed by atoms with Crippen molar-refractivity contribution in [1.29, 1.82) is 0 Å². The average molecular weight is 369 g/mol. The van der Waals surface area contributed by atoms with Crippen molar-refractivity contribution < 1.29 is 9.72 Å². The van der Waals surface area contributed by atoms with Gasteiger partial charge in [-0.3, -0.25) is 15.1 Å². The number of benzene rings is 1. The predicted octanol–water partition coefficient (Wildman–Crippen LogP) is 2.87. The highest BCUT2D eigenvalue weighted by atomic mass is 16.6. The van der Waals surface area contributed by atoms with Gasteiger partial charge in [0.1, 0.15) is 5.69 Å². The van der Waals surface area contributed by atoms with E-state index in [4.69, 9.17) is 0 Å². The molecule has 0 aliphatic carbocycles. The molecule has 3 heterocycles. The Hall–Kier alpha value is -2.90. The molecule has 8 nitrogen and oxygen atoms in total. The van der Waals surface area contributed by atoms with E-state index >= 15 is 0 Å². The van der Waals surface area contributed by atoms with Gasteiger partial charge >= 0.3 is 11.7 Å². The van der Waals surface area contributed by atoms with Crippen molar-refractivity contribution in [3.63, 3.8) is 0 Å². The van der Waals surface area contributed by atoms with E-state index in [1.54, 1.807) is 24.4 Å². The third kappa shape index (κ3) is 3.39. The number of carbonyl (C=O) groups excluding carboxylic acids is 1. The maximum atomic E-state index is 12.7. The Kier molecular flexibility index (Phi) is 4.79. The second-order valence-electron chi connectivity index (χ2n) is 7.06. The van der Waals surface area contributed by atoms with Crippen LogP contribution in [0.1, 0.15) is 19.3 Å². The Morgan fingerprint density at radius 3 is 2.37 bits per heavy atom. The van der Waals surface area contributed by atoms with E-state index in [0.29, 0.717) is 42.8 Å². The molecule has 8 heteroatoms. The molecule has 0 unspecified atom stereocenters. The molecule has 2 aliphatic heterocycles. The van der Waals surface area contributed by atoms with Gasteiger partial charge in [0.25, 0.3) is 0 Å². The molecule has 0 saturated carbocycles. The number of rotatable bonds is 2. The van der Waals surface area contributed by atoms with Gasteiger partial charge in [-0.2, -0.15) is 0 Å². The van der Waals surface area contributed by atoms with E-state index in [2.05, 4.69) is 4.98 Å². The second kappa shape index (κ2) is 7.38.